The van der Waals surface area contributed by atoms with Gasteiger partial charge in [-0.2, -0.15) is 5.26 Å². The molecule has 1 aromatic carbocycles. The first-order valence-electron chi connectivity index (χ1n) is 9.67. The molecule has 1 N–H and O–H groups in total. The monoisotopic (exact) mass is 369 g/mol. The van der Waals surface area contributed by atoms with Crippen LogP contribution in [0.2, 0.25) is 0 Å². The first kappa shape index (κ1) is 17.8. The predicted octanol–water partition coefficient (Wildman–Crippen LogP) is 2.28. The molecule has 1 amide bonds. The maximum Gasteiger partial charge on any atom is 0.246 e. The fourth-order valence-electron chi connectivity index (χ4n) is 4.45. The molecule has 142 valence electrons. The van der Waals surface area contributed by atoms with Gasteiger partial charge in [0.25, 0.3) is 0 Å². The van der Waals surface area contributed by atoms with Crippen molar-refractivity contribution in [3.05, 3.63) is 30.1 Å². The van der Waals surface area contributed by atoms with E-state index in [1.807, 2.05) is 0 Å². The molecule has 7 heteroatoms. The third-order valence-corrected chi connectivity index (χ3v) is 5.98. The van der Waals surface area contributed by atoms with E-state index >= 15 is 0 Å². The summed E-state index contributed by atoms with van der Waals surface area (Å²) < 4.78 is 13.1. The Morgan fingerprint density at radius 3 is 2.33 bits per heavy atom. The maximum absolute atomic E-state index is 13.1. The zero-order chi connectivity index (χ0) is 18.9. The molecule has 2 heterocycles. The number of piperazine rings is 1. The zero-order valence-electron chi connectivity index (χ0n) is 15.3. The average molecular weight is 369 g/mol. The molecule has 1 spiro atoms. The van der Waals surface area contributed by atoms with Crippen LogP contribution in [0.5, 0.6) is 0 Å². The second kappa shape index (κ2) is 7.18. The molecule has 4 rings (SSSR count). The van der Waals surface area contributed by atoms with Crippen LogP contribution in [0.1, 0.15) is 32.1 Å². The van der Waals surface area contributed by atoms with Crippen LogP contribution >= 0.6 is 0 Å². The van der Waals surface area contributed by atoms with Gasteiger partial charge in [-0.1, -0.05) is 19.3 Å². The van der Waals surface area contributed by atoms with E-state index in [1.54, 1.807) is 12.1 Å². The van der Waals surface area contributed by atoms with E-state index in [0.717, 1.165) is 64.0 Å². The van der Waals surface area contributed by atoms with E-state index in [4.69, 9.17) is 4.99 Å². The Hall–Kier alpha value is -2.62. The number of carbonyl (C=O) groups is 1. The van der Waals surface area contributed by atoms with Crippen molar-refractivity contribution in [2.75, 3.05) is 31.1 Å². The van der Waals surface area contributed by atoms with E-state index in [9.17, 15) is 14.4 Å². The predicted molar refractivity (Wildman–Crippen MR) is 101 cm³/mol. The van der Waals surface area contributed by atoms with Crippen LogP contribution in [0.15, 0.2) is 29.3 Å². The average Bonchev–Trinajstić information content (AvgIpc) is 2.69. The zero-order valence-corrected chi connectivity index (χ0v) is 15.3. The minimum absolute atomic E-state index is 0.217. The molecule has 6 nitrogen and oxygen atoms in total. The summed E-state index contributed by atoms with van der Waals surface area (Å²) in [4.78, 5) is 21.8. The number of hydrogen-bond donors (Lipinski definition) is 1. The number of halogens is 1. The molecule has 0 unspecified atom stereocenters. The summed E-state index contributed by atoms with van der Waals surface area (Å²) in [5, 5.41) is 12.4. The van der Waals surface area contributed by atoms with Crippen molar-refractivity contribution < 1.29 is 9.18 Å². The van der Waals surface area contributed by atoms with Crippen molar-refractivity contribution in [1.29, 1.82) is 5.26 Å². The highest BCUT2D eigenvalue weighted by atomic mass is 19.1. The van der Waals surface area contributed by atoms with Crippen LogP contribution < -0.4 is 10.2 Å². The van der Waals surface area contributed by atoms with Gasteiger partial charge in [0, 0.05) is 31.9 Å². The molecule has 1 saturated carbocycles. The van der Waals surface area contributed by atoms with Gasteiger partial charge < -0.3 is 9.80 Å². The van der Waals surface area contributed by atoms with Crippen LogP contribution in [0.4, 0.5) is 10.1 Å². The van der Waals surface area contributed by atoms with Crippen molar-refractivity contribution in [1.82, 2.24) is 10.2 Å². The van der Waals surface area contributed by atoms with Crippen molar-refractivity contribution in [2.45, 2.75) is 37.6 Å². The Bertz CT molecular complexity index is 771. The lowest BCUT2D eigenvalue weighted by atomic mass is 9.72. The number of hydrogen-bond acceptors (Lipinski definition) is 5. The second-order valence-electron chi connectivity index (χ2n) is 7.60. The second-order valence-corrected chi connectivity index (χ2v) is 7.60. The normalized spacial score (nSPS) is 25.0. The van der Waals surface area contributed by atoms with Gasteiger partial charge in [0.15, 0.2) is 5.92 Å². The van der Waals surface area contributed by atoms with E-state index in [1.165, 1.54) is 12.1 Å². The molecule has 0 radical (unpaired) electrons. The maximum atomic E-state index is 13.1. The lowest BCUT2D eigenvalue weighted by molar-refractivity contribution is -0.125. The third-order valence-electron chi connectivity index (χ3n) is 5.98. The molecule has 3 aliphatic rings. The molecular weight excluding hydrogens is 345 g/mol. The summed E-state index contributed by atoms with van der Waals surface area (Å²) in [5.41, 5.74) is 0.442. The Labute approximate surface area is 158 Å². The van der Waals surface area contributed by atoms with Gasteiger partial charge in [-0.3, -0.25) is 10.1 Å². The van der Waals surface area contributed by atoms with Gasteiger partial charge in [0.1, 0.15) is 5.82 Å². The highest BCUT2D eigenvalue weighted by Gasteiger charge is 2.48. The molecule has 0 bridgehead atoms. The number of carbonyl (C=O) groups excluding carboxylic acids is 1. The number of nitriles is 1. The molecule has 27 heavy (non-hydrogen) atoms. The van der Waals surface area contributed by atoms with Crippen molar-refractivity contribution in [3.63, 3.8) is 0 Å². The molecule has 1 aliphatic carbocycles. The van der Waals surface area contributed by atoms with Gasteiger partial charge in [-0.05, 0) is 37.1 Å². The number of benzene rings is 1. The van der Waals surface area contributed by atoms with Gasteiger partial charge in [-0.15, -0.1) is 0 Å². The topological polar surface area (TPSA) is 71.7 Å². The van der Waals surface area contributed by atoms with Crippen molar-refractivity contribution in [2.24, 2.45) is 10.9 Å². The molecule has 1 aromatic rings. The number of rotatable bonds is 1. The molecule has 2 aliphatic heterocycles. The fraction of sp³-hybridized carbons (Fsp3) is 0.550. The molecular formula is C20H24FN5O. The highest BCUT2D eigenvalue weighted by Crippen LogP contribution is 2.40. The number of aliphatic imine (C=N–C) groups is 1. The summed E-state index contributed by atoms with van der Waals surface area (Å²) in [6, 6.07) is 8.72. The van der Waals surface area contributed by atoms with E-state index in [-0.39, 0.29) is 11.7 Å². The number of nitrogens with one attached hydrogen (secondary N) is 1. The number of anilines is 1. The minimum atomic E-state index is -0.693. The Morgan fingerprint density at radius 2 is 1.70 bits per heavy atom. The van der Waals surface area contributed by atoms with E-state index in [0.29, 0.717) is 5.96 Å². The SMILES string of the molecule is N#C[C@@H]1C(=O)NC(N2CCN(c3ccc(F)cc3)CC2)=NC12CCCCC2. The van der Waals surface area contributed by atoms with Gasteiger partial charge in [-0.25, -0.2) is 9.38 Å². The first-order valence-corrected chi connectivity index (χ1v) is 9.67. The smallest absolute Gasteiger partial charge is 0.246 e. The lowest BCUT2D eigenvalue weighted by Gasteiger charge is -2.44. The number of amides is 1. The van der Waals surface area contributed by atoms with Gasteiger partial charge in [0.2, 0.25) is 11.9 Å². The standard InChI is InChI=1S/C20H24FN5O/c21-15-4-6-16(7-5-15)25-10-12-26(13-11-25)19-23-18(27)17(14-22)20(24-19)8-2-1-3-9-20/h4-7,17H,1-3,8-13H2,(H,23,24,27)/t17-/m1/s1. The summed E-state index contributed by atoms with van der Waals surface area (Å²) in [5.74, 6) is -0.527. The van der Waals surface area contributed by atoms with Crippen molar-refractivity contribution in [3.8, 4) is 6.07 Å². The quantitative estimate of drug-likeness (QED) is 0.824. The Morgan fingerprint density at radius 1 is 1.07 bits per heavy atom. The van der Waals surface area contributed by atoms with Gasteiger partial charge in [0.05, 0.1) is 11.6 Å². The van der Waals surface area contributed by atoms with Crippen LogP contribution in [0, 0.1) is 23.1 Å². The van der Waals surface area contributed by atoms with Crippen LogP contribution in [0.25, 0.3) is 0 Å². The Balaban J connectivity index is 1.49. The largest absolute Gasteiger partial charge is 0.368 e. The Kier molecular flexibility index (Phi) is 4.73. The number of guanidine groups is 1. The lowest BCUT2D eigenvalue weighted by Crippen LogP contribution is -2.60. The van der Waals surface area contributed by atoms with Gasteiger partial charge >= 0.3 is 0 Å². The fourth-order valence-corrected chi connectivity index (χ4v) is 4.45. The summed E-state index contributed by atoms with van der Waals surface area (Å²) in [6.07, 6.45) is 4.78. The van der Waals surface area contributed by atoms with Crippen LogP contribution in [-0.4, -0.2) is 48.5 Å². The summed E-state index contributed by atoms with van der Waals surface area (Å²) in [7, 11) is 0. The first-order chi connectivity index (χ1) is 13.1. The summed E-state index contributed by atoms with van der Waals surface area (Å²) >= 11 is 0. The molecule has 2 fully saturated rings. The van der Waals surface area contributed by atoms with Crippen LogP contribution in [0.3, 0.4) is 0 Å². The summed E-state index contributed by atoms with van der Waals surface area (Å²) in [6.45, 7) is 3.00. The third kappa shape index (κ3) is 3.36. The van der Waals surface area contributed by atoms with Crippen molar-refractivity contribution >= 4 is 17.6 Å². The molecule has 1 atom stereocenters. The number of nitrogens with zero attached hydrogens (tertiary/aromatic N) is 4. The van der Waals surface area contributed by atoms with E-state index in [2.05, 4.69) is 21.2 Å². The molecule has 0 aromatic heterocycles. The molecule has 1 saturated heterocycles. The minimum Gasteiger partial charge on any atom is -0.368 e. The highest BCUT2D eigenvalue weighted by molar-refractivity contribution is 6.02. The van der Waals surface area contributed by atoms with Crippen LogP contribution in [-0.2, 0) is 4.79 Å². The van der Waals surface area contributed by atoms with E-state index < -0.39 is 11.5 Å².